The lowest BCUT2D eigenvalue weighted by Gasteiger charge is -2.36. The van der Waals surface area contributed by atoms with Crippen LogP contribution < -0.4 is 10.5 Å². The summed E-state index contributed by atoms with van der Waals surface area (Å²) >= 11 is 0. The number of hydrogen-bond donors (Lipinski definition) is 2. The van der Waals surface area contributed by atoms with E-state index in [1.54, 1.807) is 40.3 Å². The average molecular weight is 506 g/mol. The SMILES string of the molecule is CCCCCCC[C@@H](O)[C@H](C)C(=O)N(C)[C@H](Cc1ccc(OC)cc1)C(=O)N(C)[C@H](C(N)=O)C(C)C. The molecule has 0 heterocycles. The molecule has 3 N–H and O–H groups in total. The Bertz CT molecular complexity index is 827. The average Bonchev–Trinajstić information content (AvgIpc) is 2.85. The predicted molar refractivity (Wildman–Crippen MR) is 142 cm³/mol. The highest BCUT2D eigenvalue weighted by molar-refractivity contribution is 5.92. The maximum absolute atomic E-state index is 13.7. The summed E-state index contributed by atoms with van der Waals surface area (Å²) in [6, 6.07) is 5.63. The standard InChI is InChI=1S/C28H47N3O5/c1-8-9-10-11-12-13-24(32)20(4)27(34)30(5)23(18-21-14-16-22(36-7)17-15-21)28(35)31(6)25(19(2)3)26(29)33/h14-17,19-20,23-25,32H,8-13,18H2,1-7H3,(H2,29,33)/t20-,23+,24+,25-/m0/s1. The highest BCUT2D eigenvalue weighted by Crippen LogP contribution is 2.21. The highest BCUT2D eigenvalue weighted by atomic mass is 16.5. The first-order valence-corrected chi connectivity index (χ1v) is 13.1. The van der Waals surface area contributed by atoms with E-state index in [4.69, 9.17) is 10.5 Å². The zero-order valence-electron chi connectivity index (χ0n) is 23.2. The second-order valence-corrected chi connectivity index (χ2v) is 10.1. The number of rotatable bonds is 16. The van der Waals surface area contributed by atoms with Gasteiger partial charge in [0.15, 0.2) is 0 Å². The maximum Gasteiger partial charge on any atom is 0.246 e. The number of likely N-dealkylation sites (N-methyl/N-ethyl adjacent to an activating group) is 2. The fraction of sp³-hybridized carbons (Fsp3) is 0.679. The van der Waals surface area contributed by atoms with Crippen molar-refractivity contribution in [2.45, 2.75) is 90.8 Å². The highest BCUT2D eigenvalue weighted by Gasteiger charge is 2.37. The van der Waals surface area contributed by atoms with Gasteiger partial charge in [0.05, 0.1) is 19.1 Å². The zero-order valence-corrected chi connectivity index (χ0v) is 23.2. The van der Waals surface area contributed by atoms with Crippen molar-refractivity contribution in [3.05, 3.63) is 29.8 Å². The van der Waals surface area contributed by atoms with Crippen LogP contribution in [0.2, 0.25) is 0 Å². The van der Waals surface area contributed by atoms with Gasteiger partial charge in [0, 0.05) is 20.5 Å². The molecule has 0 aromatic heterocycles. The molecule has 4 atom stereocenters. The van der Waals surface area contributed by atoms with Crippen LogP contribution in [0.15, 0.2) is 24.3 Å². The lowest BCUT2D eigenvalue weighted by Crippen LogP contribution is -2.57. The first-order chi connectivity index (χ1) is 17.0. The van der Waals surface area contributed by atoms with E-state index < -0.39 is 30.0 Å². The molecule has 0 fully saturated rings. The van der Waals surface area contributed by atoms with Gasteiger partial charge in [-0.25, -0.2) is 0 Å². The minimum Gasteiger partial charge on any atom is -0.497 e. The van der Waals surface area contributed by atoms with Crippen molar-refractivity contribution in [2.24, 2.45) is 17.6 Å². The quantitative estimate of drug-likeness (QED) is 0.334. The van der Waals surface area contributed by atoms with Gasteiger partial charge in [0.2, 0.25) is 17.7 Å². The monoisotopic (exact) mass is 505 g/mol. The van der Waals surface area contributed by atoms with Crippen LogP contribution in [0.3, 0.4) is 0 Å². The van der Waals surface area contributed by atoms with E-state index in [0.717, 1.165) is 31.2 Å². The summed E-state index contributed by atoms with van der Waals surface area (Å²) < 4.78 is 5.22. The molecule has 0 saturated carbocycles. The van der Waals surface area contributed by atoms with E-state index in [1.807, 2.05) is 26.0 Å². The van der Waals surface area contributed by atoms with Crippen LogP contribution in [0.25, 0.3) is 0 Å². The molecule has 0 saturated heterocycles. The summed E-state index contributed by atoms with van der Waals surface area (Å²) in [4.78, 5) is 41.9. The van der Waals surface area contributed by atoms with Gasteiger partial charge in [-0.3, -0.25) is 14.4 Å². The van der Waals surface area contributed by atoms with Crippen LogP contribution in [0, 0.1) is 11.8 Å². The van der Waals surface area contributed by atoms with Crippen LogP contribution in [-0.4, -0.2) is 72.0 Å². The van der Waals surface area contributed by atoms with Crippen molar-refractivity contribution in [3.8, 4) is 5.75 Å². The number of methoxy groups -OCH3 is 1. The Morgan fingerprint density at radius 2 is 1.53 bits per heavy atom. The first-order valence-electron chi connectivity index (χ1n) is 13.1. The van der Waals surface area contributed by atoms with Gasteiger partial charge in [0.25, 0.3) is 0 Å². The molecule has 36 heavy (non-hydrogen) atoms. The summed E-state index contributed by atoms with van der Waals surface area (Å²) in [5.41, 5.74) is 6.44. The largest absolute Gasteiger partial charge is 0.497 e. The van der Waals surface area contributed by atoms with E-state index in [1.165, 1.54) is 16.2 Å². The summed E-state index contributed by atoms with van der Waals surface area (Å²) in [6.07, 6.45) is 5.31. The lowest BCUT2D eigenvalue weighted by atomic mass is 9.95. The van der Waals surface area contributed by atoms with Crippen LogP contribution in [-0.2, 0) is 20.8 Å². The molecule has 0 unspecified atom stereocenters. The number of hydrogen-bond acceptors (Lipinski definition) is 5. The van der Waals surface area contributed by atoms with Gasteiger partial charge in [-0.15, -0.1) is 0 Å². The number of nitrogens with two attached hydrogens (primary N) is 1. The molecule has 0 aliphatic carbocycles. The number of aliphatic hydroxyl groups is 1. The van der Waals surface area contributed by atoms with E-state index in [-0.39, 0.29) is 24.2 Å². The van der Waals surface area contributed by atoms with Crippen molar-refractivity contribution >= 4 is 17.7 Å². The van der Waals surface area contributed by atoms with Crippen molar-refractivity contribution in [2.75, 3.05) is 21.2 Å². The molecule has 0 aliphatic rings. The molecule has 1 aromatic carbocycles. The third-order valence-corrected chi connectivity index (χ3v) is 6.95. The van der Waals surface area contributed by atoms with Gasteiger partial charge >= 0.3 is 0 Å². The molecule has 1 rings (SSSR count). The van der Waals surface area contributed by atoms with Crippen molar-refractivity contribution in [1.29, 1.82) is 0 Å². The molecule has 0 aliphatic heterocycles. The van der Waals surface area contributed by atoms with Crippen molar-refractivity contribution < 1.29 is 24.2 Å². The van der Waals surface area contributed by atoms with Gasteiger partial charge in [0.1, 0.15) is 17.8 Å². The number of primary amides is 1. The molecule has 0 radical (unpaired) electrons. The summed E-state index contributed by atoms with van der Waals surface area (Å²) in [5, 5.41) is 10.7. The summed E-state index contributed by atoms with van der Waals surface area (Å²) in [5.74, 6) is -1.43. The van der Waals surface area contributed by atoms with E-state index in [2.05, 4.69) is 6.92 Å². The third kappa shape index (κ3) is 9.12. The molecule has 3 amide bonds. The molecule has 204 valence electrons. The molecule has 1 aromatic rings. The molecule has 0 spiro atoms. The Kier molecular flexibility index (Phi) is 13.5. The van der Waals surface area contributed by atoms with Crippen molar-refractivity contribution in [3.63, 3.8) is 0 Å². The molecular formula is C28H47N3O5. The Labute approximate surface area is 217 Å². The fourth-order valence-corrected chi connectivity index (χ4v) is 4.56. The number of aliphatic hydroxyl groups excluding tert-OH is 1. The number of ether oxygens (including phenoxy) is 1. The van der Waals surface area contributed by atoms with Crippen molar-refractivity contribution in [1.82, 2.24) is 9.80 Å². The number of benzene rings is 1. The van der Waals surface area contributed by atoms with Crippen LogP contribution in [0.4, 0.5) is 0 Å². The second kappa shape index (κ2) is 15.5. The normalized spacial score (nSPS) is 14.6. The predicted octanol–water partition coefficient (Wildman–Crippen LogP) is 3.39. The fourth-order valence-electron chi connectivity index (χ4n) is 4.56. The van der Waals surface area contributed by atoms with Gasteiger partial charge in [-0.2, -0.15) is 0 Å². The number of amides is 3. The van der Waals surface area contributed by atoms with Crippen LogP contribution >= 0.6 is 0 Å². The summed E-state index contributed by atoms with van der Waals surface area (Å²) in [7, 11) is 4.71. The Balaban J connectivity index is 3.12. The Morgan fingerprint density at radius 3 is 2.03 bits per heavy atom. The number of unbranched alkanes of at least 4 members (excludes halogenated alkanes) is 4. The molecule has 0 bridgehead atoms. The van der Waals surface area contributed by atoms with Gasteiger partial charge in [-0.1, -0.05) is 71.9 Å². The minimum atomic E-state index is -0.865. The van der Waals surface area contributed by atoms with Gasteiger partial charge < -0.3 is 25.4 Å². The minimum absolute atomic E-state index is 0.187. The van der Waals surface area contributed by atoms with Gasteiger partial charge in [-0.05, 0) is 30.0 Å². The molecule has 8 heteroatoms. The zero-order chi connectivity index (χ0) is 27.4. The number of nitrogens with zero attached hydrogens (tertiary/aromatic N) is 2. The van der Waals surface area contributed by atoms with E-state index in [0.29, 0.717) is 12.2 Å². The Hall–Kier alpha value is -2.61. The number of carbonyl (C=O) groups excluding carboxylic acids is 3. The first kappa shape index (κ1) is 31.4. The van der Waals surface area contributed by atoms with E-state index in [9.17, 15) is 19.5 Å². The lowest BCUT2D eigenvalue weighted by molar-refractivity contribution is -0.150. The van der Waals surface area contributed by atoms with E-state index >= 15 is 0 Å². The number of carbonyl (C=O) groups is 3. The van der Waals surface area contributed by atoms with Crippen LogP contribution in [0.5, 0.6) is 5.75 Å². The summed E-state index contributed by atoms with van der Waals surface area (Å²) in [6.45, 7) is 7.50. The van der Waals surface area contributed by atoms with Crippen LogP contribution in [0.1, 0.15) is 71.8 Å². The molecule has 8 nitrogen and oxygen atoms in total. The maximum atomic E-state index is 13.7. The molecular weight excluding hydrogens is 458 g/mol. The second-order valence-electron chi connectivity index (χ2n) is 10.1. The Morgan fingerprint density at radius 1 is 0.944 bits per heavy atom. The third-order valence-electron chi connectivity index (χ3n) is 6.95. The smallest absolute Gasteiger partial charge is 0.246 e. The topological polar surface area (TPSA) is 113 Å².